The van der Waals surface area contributed by atoms with Crippen LogP contribution in [-0.4, -0.2) is 31.7 Å². The number of carbonyl (C=O) groups is 1. The number of nitrogens with zero attached hydrogens (tertiary/aromatic N) is 1. The Kier molecular flexibility index (Phi) is 7.00. The summed E-state index contributed by atoms with van der Waals surface area (Å²) in [5, 5.41) is 1.86. The van der Waals surface area contributed by atoms with E-state index in [1.54, 1.807) is 0 Å². The first-order valence-corrected chi connectivity index (χ1v) is 9.93. The van der Waals surface area contributed by atoms with Gasteiger partial charge in [0.2, 0.25) is 15.9 Å². The number of benzene rings is 2. The fourth-order valence-electron chi connectivity index (χ4n) is 2.51. The molecule has 0 aliphatic rings. The number of amides is 1. The molecular formula is C18H15F7N2O3S. The van der Waals surface area contributed by atoms with Crippen molar-refractivity contribution in [1.29, 1.82) is 0 Å². The van der Waals surface area contributed by atoms with Gasteiger partial charge in [0.15, 0.2) is 0 Å². The van der Waals surface area contributed by atoms with Gasteiger partial charge in [0, 0.05) is 12.2 Å². The molecule has 0 saturated heterocycles. The lowest BCUT2D eigenvalue weighted by Gasteiger charge is -2.20. The van der Waals surface area contributed by atoms with Crippen LogP contribution in [0, 0.1) is 5.82 Å². The van der Waals surface area contributed by atoms with E-state index in [4.69, 9.17) is 0 Å². The number of halogens is 7. The molecule has 2 rings (SSSR count). The zero-order valence-corrected chi connectivity index (χ0v) is 16.5. The lowest BCUT2D eigenvalue weighted by Crippen LogP contribution is -2.37. The number of alkyl halides is 6. The van der Waals surface area contributed by atoms with Crippen molar-refractivity contribution < 1.29 is 43.9 Å². The first kappa shape index (κ1) is 24.6. The number of hydrogen-bond acceptors (Lipinski definition) is 3. The van der Waals surface area contributed by atoms with Gasteiger partial charge >= 0.3 is 12.4 Å². The highest BCUT2D eigenvalue weighted by Gasteiger charge is 2.37. The van der Waals surface area contributed by atoms with Crippen LogP contribution in [-0.2, 0) is 27.2 Å². The van der Waals surface area contributed by atoms with Gasteiger partial charge in [0.1, 0.15) is 5.82 Å². The number of likely N-dealkylation sites (N-methyl/N-ethyl adjacent to an activating group) is 1. The molecule has 2 aromatic rings. The summed E-state index contributed by atoms with van der Waals surface area (Å²) in [5.74, 6) is -1.87. The standard InChI is InChI=1S/C18H15F7N2O3S/c1-2-27(31(29,30)15-5-3-13(19)4-6-15)10-16(28)26-14-8-11(17(20,21)22)7-12(9-14)18(23,24)25/h3-9H,2,10H2,1H3,(H,26,28). The molecule has 13 heteroatoms. The second-order valence-corrected chi connectivity index (χ2v) is 8.17. The molecule has 2 aromatic carbocycles. The Morgan fingerprint density at radius 1 is 0.935 bits per heavy atom. The molecule has 31 heavy (non-hydrogen) atoms. The van der Waals surface area contributed by atoms with Crippen molar-refractivity contribution in [1.82, 2.24) is 4.31 Å². The number of nitrogens with one attached hydrogen (secondary N) is 1. The van der Waals surface area contributed by atoms with E-state index < -0.39 is 57.5 Å². The zero-order chi connectivity index (χ0) is 23.6. The average Bonchev–Trinajstić information content (AvgIpc) is 2.64. The molecule has 0 atom stereocenters. The molecule has 0 heterocycles. The number of anilines is 1. The van der Waals surface area contributed by atoms with Crippen molar-refractivity contribution in [2.45, 2.75) is 24.2 Å². The quantitative estimate of drug-likeness (QED) is 0.630. The van der Waals surface area contributed by atoms with Crippen LogP contribution < -0.4 is 5.32 Å². The van der Waals surface area contributed by atoms with Crippen LogP contribution in [0.2, 0.25) is 0 Å². The van der Waals surface area contributed by atoms with Crippen LogP contribution in [0.25, 0.3) is 0 Å². The van der Waals surface area contributed by atoms with E-state index in [2.05, 4.69) is 0 Å². The Hall–Kier alpha value is -2.67. The molecule has 1 amide bonds. The maximum Gasteiger partial charge on any atom is 0.416 e. The maximum atomic E-state index is 13.0. The minimum atomic E-state index is -5.11. The van der Waals surface area contributed by atoms with Crippen molar-refractivity contribution in [2.24, 2.45) is 0 Å². The highest BCUT2D eigenvalue weighted by Crippen LogP contribution is 2.37. The van der Waals surface area contributed by atoms with Crippen LogP contribution >= 0.6 is 0 Å². The van der Waals surface area contributed by atoms with Crippen LogP contribution in [0.3, 0.4) is 0 Å². The Balaban J connectivity index is 2.29. The van der Waals surface area contributed by atoms with Gasteiger partial charge in [-0.3, -0.25) is 4.79 Å². The van der Waals surface area contributed by atoms with Gasteiger partial charge in [0.25, 0.3) is 0 Å². The summed E-state index contributed by atoms with van der Waals surface area (Å²) < 4.78 is 116. The molecule has 0 saturated carbocycles. The largest absolute Gasteiger partial charge is 0.416 e. The number of rotatable bonds is 6. The maximum absolute atomic E-state index is 13.0. The molecule has 1 N–H and O–H groups in total. The minimum Gasteiger partial charge on any atom is -0.325 e. The van der Waals surface area contributed by atoms with E-state index >= 15 is 0 Å². The van der Waals surface area contributed by atoms with Crippen molar-refractivity contribution in [2.75, 3.05) is 18.4 Å². The SMILES string of the molecule is CCN(CC(=O)Nc1cc(C(F)(F)F)cc(C(F)(F)F)c1)S(=O)(=O)c1ccc(F)cc1. The van der Waals surface area contributed by atoms with Crippen LogP contribution in [0.15, 0.2) is 47.4 Å². The molecule has 0 fully saturated rings. The van der Waals surface area contributed by atoms with Crippen LogP contribution in [0.1, 0.15) is 18.1 Å². The monoisotopic (exact) mass is 472 g/mol. The number of carbonyl (C=O) groups excluding carboxylic acids is 1. The summed E-state index contributed by atoms with van der Waals surface area (Å²) in [6.45, 7) is 0.220. The third-order valence-corrected chi connectivity index (χ3v) is 5.93. The van der Waals surface area contributed by atoms with Gasteiger partial charge in [-0.15, -0.1) is 0 Å². The summed E-state index contributed by atoms with van der Waals surface area (Å²) in [4.78, 5) is 11.9. The second kappa shape index (κ2) is 8.83. The Morgan fingerprint density at radius 2 is 1.42 bits per heavy atom. The fraction of sp³-hybridized carbons (Fsp3) is 0.278. The topological polar surface area (TPSA) is 66.5 Å². The molecule has 0 radical (unpaired) electrons. The van der Waals surface area contributed by atoms with E-state index in [-0.39, 0.29) is 17.5 Å². The van der Waals surface area contributed by atoms with Crippen molar-refractivity contribution in [3.05, 3.63) is 59.4 Å². The Morgan fingerprint density at radius 3 is 1.84 bits per heavy atom. The zero-order valence-electron chi connectivity index (χ0n) is 15.7. The molecule has 0 spiro atoms. The molecule has 0 aliphatic heterocycles. The normalized spacial score (nSPS) is 12.8. The summed E-state index contributed by atoms with van der Waals surface area (Å²) in [5.41, 5.74) is -4.07. The van der Waals surface area contributed by atoms with E-state index in [9.17, 15) is 43.9 Å². The van der Waals surface area contributed by atoms with Crippen molar-refractivity contribution >= 4 is 21.6 Å². The van der Waals surface area contributed by atoms with Crippen LogP contribution in [0.4, 0.5) is 36.4 Å². The van der Waals surface area contributed by atoms with E-state index in [1.807, 2.05) is 5.32 Å². The summed E-state index contributed by atoms with van der Waals surface area (Å²) >= 11 is 0. The van der Waals surface area contributed by atoms with Gasteiger partial charge in [-0.05, 0) is 42.5 Å². The number of hydrogen-bond donors (Lipinski definition) is 1. The van der Waals surface area contributed by atoms with Gasteiger partial charge in [-0.25, -0.2) is 12.8 Å². The first-order valence-electron chi connectivity index (χ1n) is 8.49. The average molecular weight is 472 g/mol. The molecule has 0 aliphatic carbocycles. The fourth-order valence-corrected chi connectivity index (χ4v) is 3.92. The Labute approximate surface area is 172 Å². The highest BCUT2D eigenvalue weighted by atomic mass is 32.2. The molecule has 5 nitrogen and oxygen atoms in total. The predicted molar refractivity (Wildman–Crippen MR) is 95.9 cm³/mol. The van der Waals surface area contributed by atoms with Crippen LogP contribution in [0.5, 0.6) is 0 Å². The van der Waals surface area contributed by atoms with Crippen molar-refractivity contribution in [3.63, 3.8) is 0 Å². The first-order chi connectivity index (χ1) is 14.1. The van der Waals surface area contributed by atoms with E-state index in [0.717, 1.165) is 24.3 Å². The van der Waals surface area contributed by atoms with E-state index in [0.29, 0.717) is 16.4 Å². The van der Waals surface area contributed by atoms with Gasteiger partial charge in [0.05, 0.1) is 22.6 Å². The second-order valence-electron chi connectivity index (χ2n) is 6.23. The third-order valence-electron chi connectivity index (χ3n) is 4.00. The smallest absolute Gasteiger partial charge is 0.325 e. The molecule has 0 aromatic heterocycles. The molecule has 0 bridgehead atoms. The summed E-state index contributed by atoms with van der Waals surface area (Å²) in [7, 11) is -4.27. The lowest BCUT2D eigenvalue weighted by molar-refractivity contribution is -0.143. The highest BCUT2D eigenvalue weighted by molar-refractivity contribution is 7.89. The Bertz CT molecular complexity index is 1020. The van der Waals surface area contributed by atoms with E-state index in [1.165, 1.54) is 6.92 Å². The third kappa shape index (κ3) is 6.17. The van der Waals surface area contributed by atoms with Crippen molar-refractivity contribution in [3.8, 4) is 0 Å². The summed E-state index contributed by atoms with van der Waals surface area (Å²) in [6.07, 6.45) is -10.2. The molecular weight excluding hydrogens is 457 g/mol. The van der Waals surface area contributed by atoms with Gasteiger partial charge < -0.3 is 5.32 Å². The minimum absolute atomic E-state index is 0.104. The number of sulfonamides is 1. The summed E-state index contributed by atoms with van der Waals surface area (Å²) in [6, 6.07) is 4.16. The predicted octanol–water partition coefficient (Wildman–Crippen LogP) is 4.51. The molecule has 170 valence electrons. The molecule has 0 unspecified atom stereocenters. The van der Waals surface area contributed by atoms with Gasteiger partial charge in [-0.2, -0.15) is 30.6 Å². The lowest BCUT2D eigenvalue weighted by atomic mass is 10.1. The van der Waals surface area contributed by atoms with Gasteiger partial charge in [-0.1, -0.05) is 6.92 Å².